The fourth-order valence-corrected chi connectivity index (χ4v) is 3.67. The van der Waals surface area contributed by atoms with Crippen LogP contribution in [-0.2, 0) is 0 Å². The van der Waals surface area contributed by atoms with Gasteiger partial charge >= 0.3 is 0 Å². The van der Waals surface area contributed by atoms with Gasteiger partial charge in [0.2, 0.25) is 0 Å². The zero-order valence-corrected chi connectivity index (χ0v) is 16.5. The predicted octanol–water partition coefficient (Wildman–Crippen LogP) is 3.79. The molecule has 0 unspecified atom stereocenters. The van der Waals surface area contributed by atoms with Gasteiger partial charge in [0.15, 0.2) is 0 Å². The van der Waals surface area contributed by atoms with E-state index in [1.807, 2.05) is 37.3 Å². The Hall–Kier alpha value is -1.62. The maximum atomic E-state index is 10.3. The van der Waals surface area contributed by atoms with Gasteiger partial charge in [0, 0.05) is 12.3 Å². The van der Waals surface area contributed by atoms with Gasteiger partial charge in [-0.1, -0.05) is 49.8 Å². The van der Waals surface area contributed by atoms with Crippen molar-refractivity contribution in [2.24, 2.45) is 11.8 Å². The molecule has 3 N–H and O–H groups in total. The van der Waals surface area contributed by atoms with Crippen LogP contribution in [0, 0.1) is 18.8 Å². The van der Waals surface area contributed by atoms with Gasteiger partial charge in [-0.05, 0) is 49.8 Å². The van der Waals surface area contributed by atoms with Crippen molar-refractivity contribution in [1.82, 2.24) is 0 Å². The van der Waals surface area contributed by atoms with Gasteiger partial charge in [-0.15, -0.1) is 0 Å². The van der Waals surface area contributed by atoms with E-state index in [-0.39, 0.29) is 18.4 Å². The van der Waals surface area contributed by atoms with E-state index in [2.05, 4.69) is 19.1 Å². The molecule has 1 saturated carbocycles. The van der Waals surface area contributed by atoms with Gasteiger partial charge in [0.05, 0.1) is 12.2 Å². The Bertz CT molecular complexity index is 610. The number of allylic oxidation sites excluding steroid dienone is 2. The summed E-state index contributed by atoms with van der Waals surface area (Å²) in [4.78, 5) is 0. The van der Waals surface area contributed by atoms with Crippen LogP contribution in [0.4, 0.5) is 0 Å². The quantitative estimate of drug-likeness (QED) is 0.545. The average Bonchev–Trinajstić information content (AvgIpc) is 2.91. The third-order valence-electron chi connectivity index (χ3n) is 5.17. The van der Waals surface area contributed by atoms with Gasteiger partial charge < -0.3 is 20.1 Å². The molecule has 0 saturated heterocycles. The summed E-state index contributed by atoms with van der Waals surface area (Å²) < 4.78 is 5.62. The molecule has 0 aromatic heterocycles. The number of aliphatic hydroxyl groups excluding tert-OH is 3. The van der Waals surface area contributed by atoms with Crippen molar-refractivity contribution in [3.05, 3.63) is 54.1 Å². The molecule has 4 nitrogen and oxygen atoms in total. The van der Waals surface area contributed by atoms with Crippen LogP contribution in [0.1, 0.15) is 44.6 Å². The van der Waals surface area contributed by atoms with Crippen molar-refractivity contribution in [3.63, 3.8) is 0 Å². The fraction of sp³-hybridized carbons (Fsp3) is 0.565. The number of rotatable bonds is 10. The molecule has 0 heterocycles. The summed E-state index contributed by atoms with van der Waals surface area (Å²) >= 11 is 0. The molecular weight excluding hydrogens is 340 g/mol. The van der Waals surface area contributed by atoms with E-state index >= 15 is 0 Å². The van der Waals surface area contributed by atoms with Crippen LogP contribution in [0.5, 0.6) is 5.75 Å². The maximum Gasteiger partial charge on any atom is 0.119 e. The van der Waals surface area contributed by atoms with Crippen molar-refractivity contribution in [3.8, 4) is 5.75 Å². The fourth-order valence-electron chi connectivity index (χ4n) is 3.67. The minimum Gasteiger partial charge on any atom is -0.491 e. The number of benzene rings is 1. The van der Waals surface area contributed by atoms with Crippen molar-refractivity contribution >= 4 is 0 Å². The number of aliphatic hydroxyl groups is 3. The first-order valence-corrected chi connectivity index (χ1v) is 10.1. The van der Waals surface area contributed by atoms with E-state index < -0.39 is 18.3 Å². The van der Waals surface area contributed by atoms with Crippen LogP contribution >= 0.6 is 0 Å². The lowest BCUT2D eigenvalue weighted by molar-refractivity contribution is 0.116. The first-order valence-electron chi connectivity index (χ1n) is 10.1. The first-order chi connectivity index (χ1) is 13.0. The van der Waals surface area contributed by atoms with Gasteiger partial charge in [0.1, 0.15) is 18.5 Å². The Morgan fingerprint density at radius 1 is 1.19 bits per heavy atom. The summed E-state index contributed by atoms with van der Waals surface area (Å²) in [6, 6.07) is 7.70. The summed E-state index contributed by atoms with van der Waals surface area (Å²) in [5.41, 5.74) is 1.11. The Balaban J connectivity index is 1.85. The number of hydrogen-bond donors (Lipinski definition) is 3. The summed E-state index contributed by atoms with van der Waals surface area (Å²) in [7, 11) is 0. The van der Waals surface area contributed by atoms with Crippen LogP contribution in [0.15, 0.2) is 48.6 Å². The van der Waals surface area contributed by atoms with E-state index in [4.69, 9.17) is 4.74 Å². The summed E-state index contributed by atoms with van der Waals surface area (Å²) in [5.74, 6) is 0.621. The van der Waals surface area contributed by atoms with Crippen LogP contribution in [-0.4, -0.2) is 40.2 Å². The Morgan fingerprint density at radius 2 is 1.96 bits per heavy atom. The molecule has 0 aliphatic heterocycles. The smallest absolute Gasteiger partial charge is 0.119 e. The molecule has 5 atom stereocenters. The first kappa shape index (κ1) is 21.7. The van der Waals surface area contributed by atoms with Crippen molar-refractivity contribution in [2.45, 2.75) is 64.3 Å². The highest BCUT2D eigenvalue weighted by atomic mass is 16.5. The molecule has 1 aliphatic carbocycles. The highest BCUT2D eigenvalue weighted by Gasteiger charge is 2.39. The van der Waals surface area contributed by atoms with Crippen molar-refractivity contribution in [1.29, 1.82) is 0 Å². The number of ether oxygens (including phenoxy) is 1. The molecule has 1 aromatic carbocycles. The van der Waals surface area contributed by atoms with E-state index in [1.165, 1.54) is 0 Å². The molecule has 0 spiro atoms. The average molecular weight is 375 g/mol. The zero-order chi connectivity index (χ0) is 19.6. The summed E-state index contributed by atoms with van der Waals surface area (Å²) in [5, 5.41) is 30.7. The molecule has 1 aromatic rings. The summed E-state index contributed by atoms with van der Waals surface area (Å²) in [6.07, 6.45) is 10.4. The second-order valence-corrected chi connectivity index (χ2v) is 7.53. The highest BCUT2D eigenvalue weighted by molar-refractivity contribution is 5.27. The highest BCUT2D eigenvalue weighted by Crippen LogP contribution is 2.36. The Morgan fingerprint density at radius 3 is 2.70 bits per heavy atom. The molecule has 2 rings (SSSR count). The van der Waals surface area contributed by atoms with Gasteiger partial charge in [-0.2, -0.15) is 0 Å². The van der Waals surface area contributed by atoms with Gasteiger partial charge in [-0.3, -0.25) is 0 Å². The normalized spacial score (nSPS) is 26.9. The van der Waals surface area contributed by atoms with Crippen LogP contribution in [0.2, 0.25) is 0 Å². The molecule has 0 amide bonds. The van der Waals surface area contributed by atoms with Crippen LogP contribution < -0.4 is 4.74 Å². The van der Waals surface area contributed by atoms with Gasteiger partial charge in [0.25, 0.3) is 0 Å². The monoisotopic (exact) mass is 374 g/mol. The topological polar surface area (TPSA) is 69.9 Å². The number of hydrogen-bond acceptors (Lipinski definition) is 4. The zero-order valence-electron chi connectivity index (χ0n) is 16.5. The van der Waals surface area contributed by atoms with E-state index in [1.54, 1.807) is 6.08 Å². The maximum absolute atomic E-state index is 10.3. The van der Waals surface area contributed by atoms with E-state index in [0.29, 0.717) is 6.42 Å². The molecular formula is C23H34O4. The predicted molar refractivity (Wildman–Crippen MR) is 109 cm³/mol. The van der Waals surface area contributed by atoms with Crippen LogP contribution in [0.25, 0.3) is 0 Å². The number of unbranched alkanes of at least 4 members (excludes halogenated alkanes) is 1. The van der Waals surface area contributed by atoms with Crippen molar-refractivity contribution < 1.29 is 20.1 Å². The Kier molecular flexibility index (Phi) is 9.05. The lowest BCUT2D eigenvalue weighted by atomic mass is 9.88. The lowest BCUT2D eigenvalue weighted by Crippen LogP contribution is -2.22. The molecule has 27 heavy (non-hydrogen) atoms. The summed E-state index contributed by atoms with van der Waals surface area (Å²) in [6.45, 7) is 4.31. The lowest BCUT2D eigenvalue weighted by Gasteiger charge is -2.20. The SMILES string of the molecule is CCC/C=C\CC[C@@H]1[C@@H](/C=C/[C@@H](O)COc2cccc(C)c2)[C@H](O)C[C@@H]1O. The molecule has 0 radical (unpaired) electrons. The second kappa shape index (κ2) is 11.3. The Labute approximate surface area is 163 Å². The standard InChI is InChI=1S/C23H34O4/c1-3-4-5-6-7-11-20-21(23(26)15-22(20)25)13-12-18(24)16-27-19-10-8-9-17(2)14-19/h5-6,8-10,12-14,18,20-26H,3-4,7,11,15-16H2,1-2H3/b6-5-,13-12+/t18-,20-,21-,22+,23-/m1/s1. The van der Waals surface area contributed by atoms with E-state index in [9.17, 15) is 15.3 Å². The molecule has 1 aliphatic rings. The third kappa shape index (κ3) is 7.13. The largest absolute Gasteiger partial charge is 0.491 e. The number of aryl methyl sites for hydroxylation is 1. The molecule has 0 bridgehead atoms. The molecule has 1 fully saturated rings. The van der Waals surface area contributed by atoms with E-state index in [0.717, 1.165) is 37.0 Å². The minimum atomic E-state index is -0.749. The molecule has 150 valence electrons. The minimum absolute atomic E-state index is 0.0208. The van der Waals surface area contributed by atoms with Crippen molar-refractivity contribution in [2.75, 3.05) is 6.61 Å². The van der Waals surface area contributed by atoms with Gasteiger partial charge in [-0.25, -0.2) is 0 Å². The van der Waals surface area contributed by atoms with Crippen LogP contribution in [0.3, 0.4) is 0 Å². The second-order valence-electron chi connectivity index (χ2n) is 7.53. The molecule has 4 heteroatoms. The third-order valence-corrected chi connectivity index (χ3v) is 5.17.